The van der Waals surface area contributed by atoms with Crippen LogP contribution in [0.4, 0.5) is 0 Å². The summed E-state index contributed by atoms with van der Waals surface area (Å²) in [7, 11) is 0. The van der Waals surface area contributed by atoms with Crippen LogP contribution < -0.4 is 5.32 Å². The summed E-state index contributed by atoms with van der Waals surface area (Å²) in [5.41, 5.74) is 0.701. The van der Waals surface area contributed by atoms with Crippen LogP contribution in [0.3, 0.4) is 0 Å². The Balaban J connectivity index is 1.44. The van der Waals surface area contributed by atoms with Gasteiger partial charge in [-0.25, -0.2) is 0 Å². The quantitative estimate of drug-likeness (QED) is 0.755. The zero-order valence-electron chi connectivity index (χ0n) is 11.5. The van der Waals surface area contributed by atoms with Gasteiger partial charge in [0.05, 0.1) is 0 Å². The maximum absolute atomic E-state index is 3.93. The van der Waals surface area contributed by atoms with Crippen LogP contribution in [-0.4, -0.2) is 12.6 Å². The van der Waals surface area contributed by atoms with Gasteiger partial charge in [0.1, 0.15) is 0 Å². The summed E-state index contributed by atoms with van der Waals surface area (Å²) in [5, 5.41) is 3.93. The lowest BCUT2D eigenvalue weighted by molar-refractivity contribution is 0.111. The number of nitrogens with one attached hydrogen (secondary N) is 1. The summed E-state index contributed by atoms with van der Waals surface area (Å²) in [6.07, 6.45) is 14.9. The van der Waals surface area contributed by atoms with Crippen LogP contribution in [0, 0.1) is 17.3 Å². The fourth-order valence-electron chi connectivity index (χ4n) is 4.10. The summed E-state index contributed by atoms with van der Waals surface area (Å²) >= 11 is 0. The predicted molar refractivity (Wildman–Crippen MR) is 73.0 cm³/mol. The fourth-order valence-corrected chi connectivity index (χ4v) is 4.10. The van der Waals surface area contributed by atoms with E-state index in [1.54, 1.807) is 0 Å². The van der Waals surface area contributed by atoms with E-state index in [0.29, 0.717) is 5.41 Å². The molecule has 3 aliphatic rings. The zero-order valence-corrected chi connectivity index (χ0v) is 11.5. The molecule has 98 valence electrons. The van der Waals surface area contributed by atoms with Crippen molar-refractivity contribution in [3.8, 4) is 0 Å². The van der Waals surface area contributed by atoms with E-state index >= 15 is 0 Å². The van der Waals surface area contributed by atoms with Gasteiger partial charge in [-0.3, -0.25) is 0 Å². The number of rotatable bonds is 5. The van der Waals surface area contributed by atoms with E-state index in [1.165, 1.54) is 70.8 Å². The zero-order chi connectivity index (χ0) is 11.7. The Hall–Kier alpha value is -0.0400. The molecule has 0 saturated heterocycles. The largest absolute Gasteiger partial charge is 0.313 e. The molecule has 0 spiro atoms. The van der Waals surface area contributed by atoms with Crippen molar-refractivity contribution in [1.29, 1.82) is 0 Å². The molecule has 3 rings (SSSR count). The first kappa shape index (κ1) is 12.0. The maximum atomic E-state index is 3.93. The van der Waals surface area contributed by atoms with Crippen molar-refractivity contribution in [3.63, 3.8) is 0 Å². The second kappa shape index (κ2) is 4.91. The Morgan fingerprint density at radius 3 is 2.41 bits per heavy atom. The van der Waals surface area contributed by atoms with E-state index in [9.17, 15) is 0 Å². The fraction of sp³-hybridized carbons (Fsp3) is 1.00. The van der Waals surface area contributed by atoms with Gasteiger partial charge in [0, 0.05) is 12.6 Å². The Morgan fingerprint density at radius 1 is 1.00 bits per heavy atom. The van der Waals surface area contributed by atoms with E-state index < -0.39 is 0 Å². The van der Waals surface area contributed by atoms with Gasteiger partial charge in [0.2, 0.25) is 0 Å². The topological polar surface area (TPSA) is 12.0 Å². The lowest BCUT2D eigenvalue weighted by Crippen LogP contribution is -2.45. The molecule has 2 atom stereocenters. The first-order valence-corrected chi connectivity index (χ1v) is 8.05. The smallest absolute Gasteiger partial charge is 0.00700 e. The third-order valence-corrected chi connectivity index (χ3v) is 5.93. The minimum atomic E-state index is 0.701. The third-order valence-electron chi connectivity index (χ3n) is 5.93. The van der Waals surface area contributed by atoms with E-state index in [1.807, 2.05) is 0 Å². The highest BCUT2D eigenvalue weighted by Gasteiger charge is 2.37. The molecule has 1 heteroatoms. The highest BCUT2D eigenvalue weighted by atomic mass is 14.9. The van der Waals surface area contributed by atoms with Crippen molar-refractivity contribution in [1.82, 2.24) is 5.32 Å². The van der Waals surface area contributed by atoms with Crippen LogP contribution in [0.5, 0.6) is 0 Å². The van der Waals surface area contributed by atoms with Gasteiger partial charge < -0.3 is 5.32 Å². The molecule has 17 heavy (non-hydrogen) atoms. The van der Waals surface area contributed by atoms with Crippen LogP contribution >= 0.6 is 0 Å². The van der Waals surface area contributed by atoms with Crippen LogP contribution in [0.25, 0.3) is 0 Å². The van der Waals surface area contributed by atoms with Crippen molar-refractivity contribution in [2.24, 2.45) is 17.3 Å². The Morgan fingerprint density at radius 2 is 1.82 bits per heavy atom. The lowest BCUT2D eigenvalue weighted by atomic mass is 9.67. The monoisotopic (exact) mass is 235 g/mol. The molecule has 0 aromatic carbocycles. The number of hydrogen-bond acceptors (Lipinski definition) is 1. The first-order valence-electron chi connectivity index (χ1n) is 8.05. The van der Waals surface area contributed by atoms with Gasteiger partial charge in [0.25, 0.3) is 0 Å². The van der Waals surface area contributed by atoms with E-state index in [-0.39, 0.29) is 0 Å². The average molecular weight is 235 g/mol. The normalized spacial score (nSPS) is 36.5. The molecule has 2 unspecified atom stereocenters. The average Bonchev–Trinajstić information content (AvgIpc) is 3.12. The van der Waals surface area contributed by atoms with Gasteiger partial charge in [0.15, 0.2) is 0 Å². The molecule has 0 aliphatic heterocycles. The van der Waals surface area contributed by atoms with Gasteiger partial charge in [-0.15, -0.1) is 0 Å². The van der Waals surface area contributed by atoms with E-state index in [0.717, 1.165) is 17.9 Å². The highest BCUT2D eigenvalue weighted by Crippen LogP contribution is 2.45. The summed E-state index contributed by atoms with van der Waals surface area (Å²) in [6.45, 7) is 3.69. The molecule has 3 fully saturated rings. The summed E-state index contributed by atoms with van der Waals surface area (Å²) in [5.74, 6) is 2.21. The second-order valence-corrected chi connectivity index (χ2v) is 7.05. The molecule has 3 aliphatic carbocycles. The molecule has 0 aromatic heterocycles. The summed E-state index contributed by atoms with van der Waals surface area (Å²) in [4.78, 5) is 0. The van der Waals surface area contributed by atoms with Crippen LogP contribution in [-0.2, 0) is 0 Å². The Labute approximate surface area is 107 Å². The van der Waals surface area contributed by atoms with Crippen molar-refractivity contribution in [3.05, 3.63) is 0 Å². The standard InChI is InChI=1S/C16H29N/c1-2-16(9-4-10-16)12-17-15-6-3-5-14(11-15)13-7-8-13/h13-15,17H,2-12H2,1H3. The Kier molecular flexibility index (Phi) is 3.47. The van der Waals surface area contributed by atoms with Crippen LogP contribution in [0.15, 0.2) is 0 Å². The molecule has 3 saturated carbocycles. The Bertz CT molecular complexity index is 247. The summed E-state index contributed by atoms with van der Waals surface area (Å²) in [6, 6.07) is 0.860. The van der Waals surface area contributed by atoms with E-state index in [4.69, 9.17) is 0 Å². The molecule has 0 aromatic rings. The second-order valence-electron chi connectivity index (χ2n) is 7.05. The summed E-state index contributed by atoms with van der Waals surface area (Å²) < 4.78 is 0. The molecule has 0 radical (unpaired) electrons. The highest BCUT2D eigenvalue weighted by molar-refractivity contribution is 4.92. The molecule has 1 N–H and O–H groups in total. The van der Waals surface area contributed by atoms with Crippen molar-refractivity contribution in [2.45, 2.75) is 77.2 Å². The first-order chi connectivity index (χ1) is 8.31. The van der Waals surface area contributed by atoms with Gasteiger partial charge in [-0.05, 0) is 62.2 Å². The number of hydrogen-bond donors (Lipinski definition) is 1. The maximum Gasteiger partial charge on any atom is 0.00700 e. The van der Waals surface area contributed by atoms with Crippen molar-refractivity contribution in [2.75, 3.05) is 6.54 Å². The molecule has 0 bridgehead atoms. The molecular formula is C16H29N. The van der Waals surface area contributed by atoms with Crippen LogP contribution in [0.1, 0.15) is 71.1 Å². The van der Waals surface area contributed by atoms with E-state index in [2.05, 4.69) is 12.2 Å². The van der Waals surface area contributed by atoms with Gasteiger partial charge in [-0.2, -0.15) is 0 Å². The van der Waals surface area contributed by atoms with Crippen molar-refractivity contribution >= 4 is 0 Å². The van der Waals surface area contributed by atoms with Crippen molar-refractivity contribution < 1.29 is 0 Å². The minimum Gasteiger partial charge on any atom is -0.313 e. The van der Waals surface area contributed by atoms with Gasteiger partial charge in [-0.1, -0.05) is 26.2 Å². The van der Waals surface area contributed by atoms with Crippen LogP contribution in [0.2, 0.25) is 0 Å². The molecular weight excluding hydrogens is 206 g/mol. The lowest BCUT2D eigenvalue weighted by Gasteiger charge is -2.43. The molecule has 0 amide bonds. The SMILES string of the molecule is CCC1(CNC2CCCC(C3CC3)C2)CCC1. The molecule has 1 nitrogen and oxygen atoms in total. The molecule has 0 heterocycles. The minimum absolute atomic E-state index is 0.701. The predicted octanol–water partition coefficient (Wildman–Crippen LogP) is 4.13. The van der Waals surface area contributed by atoms with Gasteiger partial charge >= 0.3 is 0 Å². The third kappa shape index (κ3) is 2.70.